The zero-order valence-electron chi connectivity index (χ0n) is 9.62. The van der Waals surface area contributed by atoms with Crippen molar-refractivity contribution in [2.45, 2.75) is 37.4 Å². The van der Waals surface area contributed by atoms with E-state index in [1.54, 1.807) is 0 Å². The maximum atomic E-state index is 12.5. The van der Waals surface area contributed by atoms with Gasteiger partial charge in [-0.05, 0) is 13.8 Å². The minimum Gasteiger partial charge on any atom is -0.451 e. The quantitative estimate of drug-likeness (QED) is 0.495. The van der Waals surface area contributed by atoms with Crippen LogP contribution in [0, 0.1) is 0 Å². The molecule has 0 aromatic carbocycles. The van der Waals surface area contributed by atoms with E-state index < -0.39 is 35.4 Å². The minimum atomic E-state index is -6.20. The number of hydrogen-bond acceptors (Lipinski definition) is 3. The molecule has 0 saturated heterocycles. The smallest absolute Gasteiger partial charge is 0.430 e. The van der Waals surface area contributed by atoms with Gasteiger partial charge < -0.3 is 9.84 Å². The van der Waals surface area contributed by atoms with E-state index in [4.69, 9.17) is 5.11 Å². The highest BCUT2D eigenvalue weighted by Crippen LogP contribution is 2.50. The Hall–Kier alpha value is -1.32. The molecule has 0 atom stereocenters. The third kappa shape index (κ3) is 2.99. The molecule has 0 aliphatic rings. The molecule has 0 aliphatic heterocycles. The van der Waals surface area contributed by atoms with Gasteiger partial charge in [-0.25, -0.2) is 4.79 Å². The zero-order valence-corrected chi connectivity index (χ0v) is 9.62. The van der Waals surface area contributed by atoms with Crippen LogP contribution >= 0.6 is 0 Å². The predicted molar refractivity (Wildman–Crippen MR) is 47.5 cm³/mol. The van der Waals surface area contributed by atoms with Crippen molar-refractivity contribution in [1.82, 2.24) is 0 Å². The maximum absolute atomic E-state index is 12.5. The number of halogens is 7. The molecule has 0 spiro atoms. The van der Waals surface area contributed by atoms with Crippen LogP contribution in [-0.2, 0) is 9.53 Å². The number of aliphatic hydroxyl groups is 1. The summed E-state index contributed by atoms with van der Waals surface area (Å²) in [5.74, 6) is -4.04. The third-order valence-corrected chi connectivity index (χ3v) is 2.26. The van der Waals surface area contributed by atoms with Crippen LogP contribution in [0.3, 0.4) is 0 Å². The largest absolute Gasteiger partial charge is 0.451 e. The summed E-state index contributed by atoms with van der Waals surface area (Å²) in [6.45, 7) is 2.66. The van der Waals surface area contributed by atoms with Gasteiger partial charge in [0.2, 0.25) is 5.83 Å². The normalized spacial score (nSPS) is 14.2. The molecule has 19 heavy (non-hydrogen) atoms. The molecule has 0 heterocycles. The van der Waals surface area contributed by atoms with Gasteiger partial charge in [-0.1, -0.05) is 6.58 Å². The number of carbonyl (C=O) groups is 1. The van der Waals surface area contributed by atoms with Gasteiger partial charge in [-0.3, -0.25) is 0 Å². The Bertz CT molecular complexity index is 366. The summed E-state index contributed by atoms with van der Waals surface area (Å²) >= 11 is 0. The van der Waals surface area contributed by atoms with Gasteiger partial charge >= 0.3 is 18.3 Å². The Balaban J connectivity index is 5.77. The van der Waals surface area contributed by atoms with Gasteiger partial charge in [-0.2, -0.15) is 30.7 Å². The summed E-state index contributed by atoms with van der Waals surface area (Å²) in [5.41, 5.74) is -8.88. The van der Waals surface area contributed by atoms with E-state index >= 15 is 0 Å². The number of rotatable bonds is 3. The third-order valence-electron chi connectivity index (χ3n) is 2.26. The maximum Gasteiger partial charge on any atom is 0.430 e. The standard InChI is InChI=1S/C9H9F7O3/c1-4(10)5(17)19-6(2,3)7(18,8(11,12)13)9(14,15)16/h18H,1H2,2-3H3. The first kappa shape index (κ1) is 17.7. The molecule has 0 aromatic rings. The predicted octanol–water partition coefficient (Wildman–Crippen LogP) is 2.65. The lowest BCUT2D eigenvalue weighted by molar-refractivity contribution is -0.407. The number of ether oxygens (including phenoxy) is 1. The number of esters is 1. The number of alkyl halides is 6. The lowest BCUT2D eigenvalue weighted by atomic mass is 9.84. The topological polar surface area (TPSA) is 46.5 Å². The second kappa shape index (κ2) is 4.66. The lowest BCUT2D eigenvalue weighted by Gasteiger charge is -2.42. The van der Waals surface area contributed by atoms with E-state index in [9.17, 15) is 35.5 Å². The fourth-order valence-electron chi connectivity index (χ4n) is 1.20. The lowest BCUT2D eigenvalue weighted by Crippen LogP contribution is -2.69. The van der Waals surface area contributed by atoms with Crippen molar-refractivity contribution in [2.24, 2.45) is 0 Å². The molecule has 0 amide bonds. The zero-order chi connectivity index (χ0) is 15.9. The summed E-state index contributed by atoms with van der Waals surface area (Å²) in [4.78, 5) is 10.7. The van der Waals surface area contributed by atoms with Crippen molar-refractivity contribution in [3.8, 4) is 0 Å². The molecule has 0 rings (SSSR count). The minimum absolute atomic E-state index is 0.148. The van der Waals surface area contributed by atoms with E-state index in [2.05, 4.69) is 11.3 Å². The highest BCUT2D eigenvalue weighted by Gasteiger charge is 2.78. The van der Waals surface area contributed by atoms with E-state index in [1.807, 2.05) is 0 Å². The molecule has 10 heteroatoms. The average Bonchev–Trinajstić information content (AvgIpc) is 2.11. The fourth-order valence-corrected chi connectivity index (χ4v) is 1.20. The van der Waals surface area contributed by atoms with Crippen molar-refractivity contribution in [3.05, 3.63) is 12.4 Å². The van der Waals surface area contributed by atoms with E-state index in [-0.39, 0.29) is 13.8 Å². The second-order valence-electron chi connectivity index (χ2n) is 4.01. The Morgan fingerprint density at radius 3 is 1.58 bits per heavy atom. The average molecular weight is 298 g/mol. The van der Waals surface area contributed by atoms with Crippen LogP contribution < -0.4 is 0 Å². The van der Waals surface area contributed by atoms with Crippen LogP contribution in [0.2, 0.25) is 0 Å². The summed E-state index contributed by atoms with van der Waals surface area (Å²) < 4.78 is 90.8. The number of carbonyl (C=O) groups excluding carboxylic acids is 1. The Morgan fingerprint density at radius 1 is 1.05 bits per heavy atom. The number of hydrogen-bond donors (Lipinski definition) is 1. The molecule has 0 aromatic heterocycles. The van der Waals surface area contributed by atoms with Gasteiger partial charge in [0, 0.05) is 0 Å². The molecule has 1 N–H and O–H groups in total. The molecule has 0 bridgehead atoms. The van der Waals surface area contributed by atoms with Crippen molar-refractivity contribution in [3.63, 3.8) is 0 Å². The second-order valence-corrected chi connectivity index (χ2v) is 4.01. The van der Waals surface area contributed by atoms with Crippen molar-refractivity contribution in [1.29, 1.82) is 0 Å². The summed E-state index contributed by atoms with van der Waals surface area (Å²) in [7, 11) is 0. The van der Waals surface area contributed by atoms with Crippen LogP contribution in [0.1, 0.15) is 13.8 Å². The Morgan fingerprint density at radius 2 is 1.37 bits per heavy atom. The molecule has 0 aliphatic carbocycles. The Kier molecular flexibility index (Phi) is 4.33. The van der Waals surface area contributed by atoms with Gasteiger partial charge in [0.1, 0.15) is 0 Å². The highest BCUT2D eigenvalue weighted by atomic mass is 19.4. The Labute approximate surface area is 102 Å². The van der Waals surface area contributed by atoms with E-state index in [0.29, 0.717) is 0 Å². The van der Waals surface area contributed by atoms with Crippen molar-refractivity contribution in [2.75, 3.05) is 0 Å². The summed E-state index contributed by atoms with van der Waals surface area (Å²) in [6.07, 6.45) is -12.4. The van der Waals surface area contributed by atoms with Gasteiger partial charge in [-0.15, -0.1) is 0 Å². The fraction of sp³-hybridized carbons (Fsp3) is 0.667. The molecular formula is C9H9F7O3. The van der Waals surface area contributed by atoms with Gasteiger partial charge in [0.05, 0.1) is 0 Å². The summed E-state index contributed by atoms with van der Waals surface area (Å²) in [5, 5.41) is 8.96. The monoisotopic (exact) mass is 298 g/mol. The van der Waals surface area contributed by atoms with Crippen molar-refractivity contribution < 1.29 is 45.4 Å². The molecule has 0 unspecified atom stereocenters. The van der Waals surface area contributed by atoms with E-state index in [1.165, 1.54) is 0 Å². The molecule has 3 nitrogen and oxygen atoms in total. The van der Waals surface area contributed by atoms with Crippen LogP contribution in [0.5, 0.6) is 0 Å². The van der Waals surface area contributed by atoms with Crippen LogP contribution in [-0.4, -0.2) is 34.6 Å². The first-order valence-corrected chi connectivity index (χ1v) is 4.51. The SMILES string of the molecule is C=C(F)C(=O)OC(C)(C)C(O)(C(F)(F)F)C(F)(F)F. The molecule has 0 saturated carbocycles. The summed E-state index contributed by atoms with van der Waals surface area (Å²) in [6, 6.07) is 0. The van der Waals surface area contributed by atoms with Crippen LogP contribution in [0.15, 0.2) is 12.4 Å². The van der Waals surface area contributed by atoms with Gasteiger partial charge in [0.25, 0.3) is 5.60 Å². The van der Waals surface area contributed by atoms with Crippen LogP contribution in [0.25, 0.3) is 0 Å². The molecular weight excluding hydrogens is 289 g/mol. The first-order chi connectivity index (χ1) is 8.08. The van der Waals surface area contributed by atoms with E-state index in [0.717, 1.165) is 0 Å². The first-order valence-electron chi connectivity index (χ1n) is 4.51. The van der Waals surface area contributed by atoms with Crippen molar-refractivity contribution >= 4 is 5.97 Å². The van der Waals surface area contributed by atoms with Crippen LogP contribution in [0.4, 0.5) is 30.7 Å². The molecule has 112 valence electrons. The molecule has 0 radical (unpaired) electrons. The highest BCUT2D eigenvalue weighted by molar-refractivity contribution is 5.85. The van der Waals surface area contributed by atoms with Gasteiger partial charge in [0.15, 0.2) is 5.60 Å². The molecule has 0 fully saturated rings.